The molecule has 0 bridgehead atoms. The molecule has 0 aromatic rings. The Hall–Kier alpha value is -0.490. The van der Waals surface area contributed by atoms with Crippen molar-refractivity contribution in [2.24, 2.45) is 0 Å². The molecule has 41 heavy (non-hydrogen) atoms. The smallest absolute Gasteiger partial charge is 0.394 e. The second-order valence-corrected chi connectivity index (χ2v) is 11.2. The molecule has 0 saturated carbocycles. The molecule has 20 heteroatoms. The molecule has 3 aliphatic rings. The highest BCUT2D eigenvalue weighted by molar-refractivity contribution is 7.46. The predicted octanol–water partition coefficient (Wildman–Crippen LogP) is -6.63. The molecule has 3 fully saturated rings. The first kappa shape index (κ1) is 35.0. The predicted molar refractivity (Wildman–Crippen MR) is 126 cm³/mol. The van der Waals surface area contributed by atoms with Gasteiger partial charge in [-0.3, -0.25) is 4.52 Å². The Morgan fingerprint density at radius 3 is 1.76 bits per heavy atom. The fourth-order valence-corrected chi connectivity index (χ4v) is 5.09. The van der Waals surface area contributed by atoms with E-state index in [9.17, 15) is 55.6 Å². The summed E-state index contributed by atoms with van der Waals surface area (Å²) in [7, 11) is -4.89. The first-order valence-corrected chi connectivity index (χ1v) is 14.3. The zero-order chi connectivity index (χ0) is 30.6. The maximum absolute atomic E-state index is 10.9. The molecule has 12 N–H and O–H groups in total. The van der Waals surface area contributed by atoms with Crippen molar-refractivity contribution in [3.63, 3.8) is 0 Å². The minimum Gasteiger partial charge on any atom is -0.394 e. The number of aliphatic hydroxyl groups excluding tert-OH is 10. The average Bonchev–Trinajstić information content (AvgIpc) is 2.93. The number of ether oxygens (including phenoxy) is 5. The molecule has 3 aliphatic heterocycles. The lowest BCUT2D eigenvalue weighted by Crippen LogP contribution is -2.64. The van der Waals surface area contributed by atoms with Gasteiger partial charge >= 0.3 is 7.82 Å². The monoisotopic (exact) mass is 626 g/mol. The van der Waals surface area contributed by atoms with Gasteiger partial charge in [0.15, 0.2) is 12.6 Å². The molecule has 3 heterocycles. The van der Waals surface area contributed by atoms with Gasteiger partial charge in [0.05, 0.1) is 25.9 Å². The van der Waals surface area contributed by atoms with E-state index in [1.165, 1.54) is 0 Å². The zero-order valence-electron chi connectivity index (χ0n) is 21.6. The molecule has 3 saturated heterocycles. The van der Waals surface area contributed by atoms with E-state index in [-0.39, 0.29) is 19.4 Å². The third-order valence-corrected chi connectivity index (χ3v) is 7.58. The maximum Gasteiger partial charge on any atom is 0.469 e. The average molecular weight is 626 g/mol. The minimum absolute atomic E-state index is 0.00496. The molecule has 3 rings (SSSR count). The largest absolute Gasteiger partial charge is 0.469 e. The number of phosphoric acid groups is 1. The van der Waals surface area contributed by atoms with E-state index in [0.717, 1.165) is 0 Å². The van der Waals surface area contributed by atoms with Crippen molar-refractivity contribution >= 4 is 7.82 Å². The van der Waals surface area contributed by atoms with Crippen molar-refractivity contribution in [3.05, 3.63) is 0 Å². The van der Waals surface area contributed by atoms with Gasteiger partial charge in [-0.15, -0.1) is 0 Å². The lowest BCUT2D eigenvalue weighted by molar-refractivity contribution is -0.359. The number of rotatable bonds is 12. The molecule has 0 amide bonds. The van der Waals surface area contributed by atoms with Crippen LogP contribution in [0.4, 0.5) is 0 Å². The van der Waals surface area contributed by atoms with Gasteiger partial charge < -0.3 is 84.5 Å². The van der Waals surface area contributed by atoms with Crippen LogP contribution in [0.3, 0.4) is 0 Å². The van der Waals surface area contributed by atoms with E-state index in [0.29, 0.717) is 0 Å². The lowest BCUT2D eigenvalue weighted by Gasteiger charge is -2.46. The summed E-state index contributed by atoms with van der Waals surface area (Å²) in [5, 5.41) is 101. The molecule has 15 unspecified atom stereocenters. The SMILES string of the molecule is O=P(O)(O)OCC1OC(CCCOC2OC(CO)C(OC3OC(CO)C(O)C(O)C3O)C(O)C2O)C(O)C(O)C1O. The van der Waals surface area contributed by atoms with Crippen LogP contribution in [0.25, 0.3) is 0 Å². The Kier molecular flexibility index (Phi) is 12.8. The topological polar surface area (TPSA) is 315 Å². The normalized spacial score (nSPS) is 46.0. The Morgan fingerprint density at radius 2 is 1.15 bits per heavy atom. The highest BCUT2D eigenvalue weighted by atomic mass is 31.2. The van der Waals surface area contributed by atoms with Gasteiger partial charge in [-0.1, -0.05) is 0 Å². The third kappa shape index (κ3) is 8.58. The fraction of sp³-hybridized carbons (Fsp3) is 1.00. The molecule has 19 nitrogen and oxygen atoms in total. The number of aliphatic hydroxyl groups is 10. The molecular weight excluding hydrogens is 587 g/mol. The van der Waals surface area contributed by atoms with Crippen LogP contribution < -0.4 is 0 Å². The van der Waals surface area contributed by atoms with Crippen LogP contribution in [0.1, 0.15) is 12.8 Å². The fourth-order valence-electron chi connectivity index (χ4n) is 4.75. The van der Waals surface area contributed by atoms with Gasteiger partial charge in [0.25, 0.3) is 0 Å². The van der Waals surface area contributed by atoms with Gasteiger partial charge in [-0.25, -0.2) is 4.57 Å². The van der Waals surface area contributed by atoms with Gasteiger partial charge in [0, 0.05) is 6.61 Å². The molecular formula is C21H39O19P. The quantitative estimate of drug-likeness (QED) is 0.0707. The van der Waals surface area contributed by atoms with E-state index in [1.54, 1.807) is 0 Å². The van der Waals surface area contributed by atoms with Crippen molar-refractivity contribution in [2.75, 3.05) is 26.4 Å². The van der Waals surface area contributed by atoms with E-state index < -0.39 is 120 Å². The Balaban J connectivity index is 1.52. The summed E-state index contributed by atoms with van der Waals surface area (Å²) < 4.78 is 42.3. The first-order valence-electron chi connectivity index (χ1n) is 12.8. The summed E-state index contributed by atoms with van der Waals surface area (Å²) in [4.78, 5) is 17.7. The van der Waals surface area contributed by atoms with E-state index in [4.69, 9.17) is 33.5 Å². The second-order valence-electron chi connectivity index (χ2n) is 9.99. The molecule has 242 valence electrons. The van der Waals surface area contributed by atoms with E-state index >= 15 is 0 Å². The molecule has 0 aromatic carbocycles. The van der Waals surface area contributed by atoms with Gasteiger partial charge in [-0.05, 0) is 12.8 Å². The zero-order valence-corrected chi connectivity index (χ0v) is 22.5. The summed E-state index contributed by atoms with van der Waals surface area (Å²) >= 11 is 0. The highest BCUT2D eigenvalue weighted by Gasteiger charge is 2.51. The van der Waals surface area contributed by atoms with Crippen molar-refractivity contribution in [1.82, 2.24) is 0 Å². The van der Waals surface area contributed by atoms with Crippen molar-refractivity contribution in [2.45, 2.75) is 105 Å². The van der Waals surface area contributed by atoms with Crippen LogP contribution in [0, 0.1) is 0 Å². The molecule has 15 atom stereocenters. The minimum atomic E-state index is -4.89. The molecule has 0 aliphatic carbocycles. The van der Waals surface area contributed by atoms with Crippen molar-refractivity contribution in [3.8, 4) is 0 Å². The Bertz CT molecular complexity index is 844. The standard InChI is InChI=1S/C21H39O19P/c22-4-8-12(25)15(28)17(30)21(38-8)40-19-9(5-23)39-20(18(31)16(19)29)35-3-1-2-7-11(24)14(27)13(26)10(37-7)6-36-41(32,33)34/h7-31H,1-6H2,(H2,32,33,34). The van der Waals surface area contributed by atoms with Crippen LogP contribution in [0.15, 0.2) is 0 Å². The van der Waals surface area contributed by atoms with Gasteiger partial charge in [0.1, 0.15) is 73.2 Å². The van der Waals surface area contributed by atoms with Crippen molar-refractivity contribution in [1.29, 1.82) is 0 Å². The van der Waals surface area contributed by atoms with E-state index in [2.05, 4.69) is 4.52 Å². The molecule has 0 spiro atoms. The third-order valence-electron chi connectivity index (χ3n) is 7.09. The van der Waals surface area contributed by atoms with Crippen LogP contribution in [0.5, 0.6) is 0 Å². The summed E-state index contributed by atoms with van der Waals surface area (Å²) in [6.07, 6.45) is -23.4. The van der Waals surface area contributed by atoms with Crippen LogP contribution in [-0.2, 0) is 32.8 Å². The number of hydrogen-bond acceptors (Lipinski definition) is 17. The second kappa shape index (κ2) is 15.0. The van der Waals surface area contributed by atoms with Gasteiger partial charge in [-0.2, -0.15) is 0 Å². The summed E-state index contributed by atoms with van der Waals surface area (Å²) in [6.45, 7) is -2.44. The molecule has 0 radical (unpaired) electrons. The number of hydrogen-bond donors (Lipinski definition) is 12. The summed E-state index contributed by atoms with van der Waals surface area (Å²) in [6, 6.07) is 0. The lowest BCUT2D eigenvalue weighted by atomic mass is 9.93. The Morgan fingerprint density at radius 1 is 0.610 bits per heavy atom. The number of phosphoric ester groups is 1. The van der Waals surface area contributed by atoms with Gasteiger partial charge in [0.2, 0.25) is 0 Å². The van der Waals surface area contributed by atoms with Crippen LogP contribution in [0.2, 0.25) is 0 Å². The summed E-state index contributed by atoms with van der Waals surface area (Å²) in [5.74, 6) is 0. The van der Waals surface area contributed by atoms with Crippen LogP contribution >= 0.6 is 7.82 Å². The van der Waals surface area contributed by atoms with E-state index in [1.807, 2.05) is 0 Å². The maximum atomic E-state index is 10.9. The first-order chi connectivity index (χ1) is 19.2. The molecule has 0 aromatic heterocycles. The van der Waals surface area contributed by atoms with Crippen LogP contribution in [-0.4, -0.2) is 179 Å². The Labute approximate surface area is 233 Å². The highest BCUT2D eigenvalue weighted by Crippen LogP contribution is 2.37. The summed E-state index contributed by atoms with van der Waals surface area (Å²) in [5.41, 5.74) is 0. The van der Waals surface area contributed by atoms with Crippen molar-refractivity contribution < 1.29 is 93.6 Å².